The van der Waals surface area contributed by atoms with Crippen LogP contribution in [0.1, 0.15) is 19.0 Å². The van der Waals surface area contributed by atoms with Crippen molar-refractivity contribution < 1.29 is 26.7 Å². The van der Waals surface area contributed by atoms with Gasteiger partial charge in [0.2, 0.25) is 0 Å². The smallest absolute Gasteiger partial charge is 0.395 e. The van der Waals surface area contributed by atoms with Crippen LogP contribution >= 0.6 is 0 Å². The normalized spacial score (nSPS) is 15.5. The van der Waals surface area contributed by atoms with Gasteiger partial charge in [-0.05, 0) is 18.6 Å². The van der Waals surface area contributed by atoms with E-state index < -0.39 is 27.0 Å². The molecule has 1 aromatic carbocycles. The van der Waals surface area contributed by atoms with E-state index in [2.05, 4.69) is 19.3 Å². The Morgan fingerprint density at radius 2 is 2.08 bits per heavy atom. The van der Waals surface area contributed by atoms with Crippen LogP contribution in [0.4, 0.5) is 14.6 Å². The van der Waals surface area contributed by atoms with Crippen molar-refractivity contribution in [3.05, 3.63) is 30.0 Å². The number of hydrogen-bond donors (Lipinski definition) is 1. The molecule has 7 nitrogen and oxygen atoms in total. The molecule has 1 aliphatic rings. The maximum Gasteiger partial charge on any atom is 0.586 e. The number of ether oxygens (including phenoxy) is 2. The summed E-state index contributed by atoms with van der Waals surface area (Å²) in [5.74, 6) is -0.632. The van der Waals surface area contributed by atoms with E-state index in [0.717, 1.165) is 18.2 Å². The number of benzene rings is 1. The molecule has 0 saturated carbocycles. The molecule has 1 aliphatic heterocycles. The predicted molar refractivity (Wildman–Crippen MR) is 80.7 cm³/mol. The number of sulfonamides is 1. The first-order chi connectivity index (χ1) is 11.2. The summed E-state index contributed by atoms with van der Waals surface area (Å²) in [6.45, 7) is 1.98. The van der Waals surface area contributed by atoms with Crippen LogP contribution in [0.25, 0.3) is 0 Å². The topological polar surface area (TPSA) is 82.5 Å². The number of halogens is 2. The van der Waals surface area contributed by atoms with Gasteiger partial charge in [-0.3, -0.25) is 9.40 Å². The van der Waals surface area contributed by atoms with Gasteiger partial charge in [0.05, 0.1) is 5.69 Å². The SMILES string of the molecule is CCCc1cc(NS(=O)(=O)c2cccc3c2OC(F)(F)O3)n(C)n1. The summed E-state index contributed by atoms with van der Waals surface area (Å²) in [6.07, 6.45) is -2.34. The molecule has 0 amide bonds. The lowest BCUT2D eigenvalue weighted by Crippen LogP contribution is -2.26. The Morgan fingerprint density at radius 3 is 2.79 bits per heavy atom. The Hall–Kier alpha value is -2.36. The van der Waals surface area contributed by atoms with Gasteiger partial charge in [-0.1, -0.05) is 19.4 Å². The maximum absolute atomic E-state index is 13.2. The molecule has 10 heteroatoms. The van der Waals surface area contributed by atoms with Gasteiger partial charge in [-0.25, -0.2) is 8.42 Å². The van der Waals surface area contributed by atoms with E-state index in [0.29, 0.717) is 6.42 Å². The van der Waals surface area contributed by atoms with E-state index in [1.807, 2.05) is 6.92 Å². The van der Waals surface area contributed by atoms with Gasteiger partial charge in [-0.2, -0.15) is 5.10 Å². The molecular formula is C14H15F2N3O4S. The fourth-order valence-electron chi connectivity index (χ4n) is 2.35. The first kappa shape index (κ1) is 16.5. The number of hydrogen-bond acceptors (Lipinski definition) is 5. The van der Waals surface area contributed by atoms with Crippen molar-refractivity contribution >= 4 is 15.8 Å². The van der Waals surface area contributed by atoms with Gasteiger partial charge in [0.1, 0.15) is 10.7 Å². The molecule has 1 aromatic heterocycles. The highest BCUT2D eigenvalue weighted by Crippen LogP contribution is 2.45. The number of rotatable bonds is 5. The van der Waals surface area contributed by atoms with E-state index in [9.17, 15) is 17.2 Å². The standard InChI is InChI=1S/C14H15F2N3O4S/c1-3-5-9-8-12(19(2)17-9)18-24(20,21)11-7-4-6-10-13(11)23-14(15,16)22-10/h4,6-8,18H,3,5H2,1-2H3. The summed E-state index contributed by atoms with van der Waals surface area (Å²) < 4.78 is 63.8. The Bertz CT molecular complexity index is 880. The van der Waals surface area contributed by atoms with E-state index in [-0.39, 0.29) is 11.6 Å². The fraction of sp³-hybridized carbons (Fsp3) is 0.357. The van der Waals surface area contributed by atoms with Crippen LogP contribution in [0.2, 0.25) is 0 Å². The zero-order valence-corrected chi connectivity index (χ0v) is 13.7. The van der Waals surface area contributed by atoms with Crippen molar-refractivity contribution in [3.63, 3.8) is 0 Å². The lowest BCUT2D eigenvalue weighted by atomic mass is 10.2. The Morgan fingerprint density at radius 1 is 1.33 bits per heavy atom. The van der Waals surface area contributed by atoms with Gasteiger partial charge in [0.25, 0.3) is 10.0 Å². The van der Waals surface area contributed by atoms with Crippen molar-refractivity contribution in [2.45, 2.75) is 31.0 Å². The number of alkyl halides is 2. The van der Waals surface area contributed by atoms with Gasteiger partial charge in [-0.15, -0.1) is 8.78 Å². The molecule has 0 saturated heterocycles. The molecule has 0 aliphatic carbocycles. The van der Waals surface area contributed by atoms with Gasteiger partial charge in [0, 0.05) is 13.1 Å². The Balaban J connectivity index is 1.95. The quantitative estimate of drug-likeness (QED) is 0.887. The molecule has 0 atom stereocenters. The summed E-state index contributed by atoms with van der Waals surface area (Å²) in [4.78, 5) is -0.435. The first-order valence-corrected chi connectivity index (χ1v) is 8.65. The second-order valence-electron chi connectivity index (χ2n) is 5.25. The van der Waals surface area contributed by atoms with Crippen LogP contribution < -0.4 is 14.2 Å². The molecule has 0 radical (unpaired) electrons. The number of para-hydroxylation sites is 1. The van der Waals surface area contributed by atoms with Crippen molar-refractivity contribution in [2.75, 3.05) is 4.72 Å². The number of aromatic nitrogens is 2. The molecule has 3 rings (SSSR count). The molecule has 2 heterocycles. The van der Waals surface area contributed by atoms with Gasteiger partial charge < -0.3 is 9.47 Å². The molecule has 24 heavy (non-hydrogen) atoms. The number of nitrogens with zero attached hydrogens (tertiary/aromatic N) is 2. The summed E-state index contributed by atoms with van der Waals surface area (Å²) in [5.41, 5.74) is 0.724. The highest BCUT2D eigenvalue weighted by atomic mass is 32.2. The number of nitrogens with one attached hydrogen (secondary N) is 1. The Labute approximate surface area is 137 Å². The molecule has 1 N–H and O–H groups in total. The highest BCUT2D eigenvalue weighted by molar-refractivity contribution is 7.92. The zero-order valence-electron chi connectivity index (χ0n) is 12.9. The van der Waals surface area contributed by atoms with E-state index >= 15 is 0 Å². The molecule has 0 unspecified atom stereocenters. The monoisotopic (exact) mass is 359 g/mol. The van der Waals surface area contributed by atoms with Crippen molar-refractivity contribution in [1.29, 1.82) is 0 Å². The summed E-state index contributed by atoms with van der Waals surface area (Å²) in [6, 6.07) is 5.26. The van der Waals surface area contributed by atoms with Crippen LogP contribution in [0.5, 0.6) is 11.5 Å². The number of fused-ring (bicyclic) bond motifs is 1. The number of anilines is 1. The fourth-order valence-corrected chi connectivity index (χ4v) is 3.57. The average molecular weight is 359 g/mol. The second kappa shape index (κ2) is 5.62. The molecule has 130 valence electrons. The van der Waals surface area contributed by atoms with Crippen LogP contribution in [0.3, 0.4) is 0 Å². The van der Waals surface area contributed by atoms with E-state index in [1.54, 1.807) is 13.1 Å². The Kier molecular flexibility index (Phi) is 3.86. The minimum absolute atomic E-state index is 0.224. The summed E-state index contributed by atoms with van der Waals surface area (Å²) in [5, 5.41) is 4.19. The lowest BCUT2D eigenvalue weighted by Gasteiger charge is -2.10. The molecule has 0 spiro atoms. The third kappa shape index (κ3) is 3.01. The van der Waals surface area contributed by atoms with Crippen LogP contribution in [0.15, 0.2) is 29.2 Å². The first-order valence-electron chi connectivity index (χ1n) is 7.16. The van der Waals surface area contributed by atoms with Gasteiger partial charge in [0.15, 0.2) is 11.5 Å². The second-order valence-corrected chi connectivity index (χ2v) is 6.90. The van der Waals surface area contributed by atoms with Crippen molar-refractivity contribution in [2.24, 2.45) is 7.05 Å². The predicted octanol–water partition coefficient (Wildman–Crippen LogP) is 2.49. The largest absolute Gasteiger partial charge is 0.586 e. The van der Waals surface area contributed by atoms with Crippen molar-refractivity contribution in [1.82, 2.24) is 9.78 Å². The average Bonchev–Trinajstić information content (AvgIpc) is 2.96. The third-order valence-corrected chi connectivity index (χ3v) is 4.74. The van der Waals surface area contributed by atoms with E-state index in [1.165, 1.54) is 16.8 Å². The number of aryl methyl sites for hydroxylation is 2. The van der Waals surface area contributed by atoms with Crippen molar-refractivity contribution in [3.8, 4) is 11.5 Å². The summed E-state index contributed by atoms with van der Waals surface area (Å²) in [7, 11) is -2.58. The van der Waals surface area contributed by atoms with Crippen LogP contribution in [0, 0.1) is 0 Å². The minimum Gasteiger partial charge on any atom is -0.395 e. The minimum atomic E-state index is -4.16. The molecular weight excluding hydrogens is 344 g/mol. The van der Waals surface area contributed by atoms with Gasteiger partial charge >= 0.3 is 6.29 Å². The lowest BCUT2D eigenvalue weighted by molar-refractivity contribution is -0.287. The highest BCUT2D eigenvalue weighted by Gasteiger charge is 2.46. The molecule has 2 aromatic rings. The maximum atomic E-state index is 13.2. The molecule has 0 bridgehead atoms. The van der Waals surface area contributed by atoms with E-state index in [4.69, 9.17) is 0 Å². The zero-order chi connectivity index (χ0) is 17.5. The summed E-state index contributed by atoms with van der Waals surface area (Å²) >= 11 is 0. The van der Waals surface area contributed by atoms with Crippen LogP contribution in [-0.2, 0) is 23.5 Å². The van der Waals surface area contributed by atoms with Crippen LogP contribution in [-0.4, -0.2) is 24.5 Å². The third-order valence-electron chi connectivity index (χ3n) is 3.36. The molecule has 0 fully saturated rings.